The summed E-state index contributed by atoms with van der Waals surface area (Å²) in [6.07, 6.45) is -0.542. The maximum absolute atomic E-state index is 9.97. The van der Waals surface area contributed by atoms with Crippen molar-refractivity contribution < 1.29 is 9.84 Å². The molecule has 1 unspecified atom stereocenters. The minimum atomic E-state index is -0.542. The van der Waals surface area contributed by atoms with E-state index in [4.69, 9.17) is 4.74 Å². The number of aliphatic hydroxyl groups excluding tert-OH is 1. The predicted octanol–water partition coefficient (Wildman–Crippen LogP) is 4.28. The number of anilines is 2. The van der Waals surface area contributed by atoms with E-state index < -0.39 is 6.10 Å². The lowest BCUT2D eigenvalue weighted by Gasteiger charge is -2.25. The Morgan fingerprint density at radius 2 is 1.85 bits per heavy atom. The Balaban J connectivity index is 2.50. The molecular weight excluding hydrogens is 318 g/mol. The van der Waals surface area contributed by atoms with Crippen LogP contribution in [0.5, 0.6) is 5.75 Å². The number of benzene rings is 2. The maximum atomic E-state index is 9.97. The standard InChI is InChI=1S/C16H18BrNO2/c1-11(19)13-10-12(17)8-9-14(13)18(2)15-6-4-5-7-16(15)20-3/h4-11,19H,1-3H3. The normalized spacial score (nSPS) is 12.1. The van der Waals surface area contributed by atoms with E-state index in [0.717, 1.165) is 27.2 Å². The molecule has 2 rings (SSSR count). The number of nitrogens with zero attached hydrogens (tertiary/aromatic N) is 1. The summed E-state index contributed by atoms with van der Waals surface area (Å²) in [4.78, 5) is 2.02. The van der Waals surface area contributed by atoms with Crippen LogP contribution in [-0.4, -0.2) is 19.3 Å². The van der Waals surface area contributed by atoms with E-state index in [-0.39, 0.29) is 0 Å². The quantitative estimate of drug-likeness (QED) is 0.905. The van der Waals surface area contributed by atoms with Gasteiger partial charge in [0.15, 0.2) is 0 Å². The molecule has 0 aromatic heterocycles. The number of methoxy groups -OCH3 is 1. The molecule has 2 aromatic carbocycles. The van der Waals surface area contributed by atoms with Crippen LogP contribution in [0, 0.1) is 0 Å². The first-order valence-electron chi connectivity index (χ1n) is 6.39. The van der Waals surface area contributed by atoms with Crippen LogP contribution in [0.25, 0.3) is 0 Å². The van der Waals surface area contributed by atoms with Crippen LogP contribution in [0.15, 0.2) is 46.9 Å². The highest BCUT2D eigenvalue weighted by Gasteiger charge is 2.15. The summed E-state index contributed by atoms with van der Waals surface area (Å²) in [5.41, 5.74) is 2.78. The van der Waals surface area contributed by atoms with Gasteiger partial charge in [0, 0.05) is 22.8 Å². The molecule has 0 radical (unpaired) electrons. The Hall–Kier alpha value is -1.52. The van der Waals surface area contributed by atoms with E-state index in [2.05, 4.69) is 15.9 Å². The molecule has 2 aromatic rings. The Morgan fingerprint density at radius 3 is 2.50 bits per heavy atom. The van der Waals surface area contributed by atoms with Crippen molar-refractivity contribution in [2.24, 2.45) is 0 Å². The van der Waals surface area contributed by atoms with Crippen LogP contribution in [-0.2, 0) is 0 Å². The Kier molecular flexibility index (Phi) is 4.68. The molecule has 4 heteroatoms. The summed E-state index contributed by atoms with van der Waals surface area (Å²) in [6, 6.07) is 13.7. The number of hydrogen-bond donors (Lipinski definition) is 1. The molecule has 1 N–H and O–H groups in total. The number of ether oxygens (including phenoxy) is 1. The lowest BCUT2D eigenvalue weighted by Crippen LogP contribution is -2.13. The molecule has 0 saturated heterocycles. The second kappa shape index (κ2) is 6.29. The Morgan fingerprint density at radius 1 is 1.15 bits per heavy atom. The van der Waals surface area contributed by atoms with Crippen molar-refractivity contribution in [3.8, 4) is 5.75 Å². The third-order valence-electron chi connectivity index (χ3n) is 3.25. The highest BCUT2D eigenvalue weighted by atomic mass is 79.9. The predicted molar refractivity (Wildman–Crippen MR) is 85.8 cm³/mol. The zero-order valence-electron chi connectivity index (χ0n) is 11.8. The summed E-state index contributed by atoms with van der Waals surface area (Å²) in [6.45, 7) is 1.77. The van der Waals surface area contributed by atoms with Gasteiger partial charge in [-0.05, 0) is 37.3 Å². The lowest BCUT2D eigenvalue weighted by molar-refractivity contribution is 0.199. The summed E-state index contributed by atoms with van der Waals surface area (Å²) in [5, 5.41) is 9.97. The molecule has 0 aliphatic carbocycles. The smallest absolute Gasteiger partial charge is 0.142 e. The van der Waals surface area contributed by atoms with E-state index in [9.17, 15) is 5.11 Å². The summed E-state index contributed by atoms with van der Waals surface area (Å²) >= 11 is 3.44. The van der Waals surface area contributed by atoms with Gasteiger partial charge in [0.2, 0.25) is 0 Å². The zero-order valence-corrected chi connectivity index (χ0v) is 13.4. The number of rotatable bonds is 4. The van der Waals surface area contributed by atoms with Crippen LogP contribution >= 0.6 is 15.9 Å². The Bertz CT molecular complexity index is 599. The third-order valence-corrected chi connectivity index (χ3v) is 3.74. The molecule has 106 valence electrons. The fraction of sp³-hybridized carbons (Fsp3) is 0.250. The first-order chi connectivity index (χ1) is 9.54. The summed E-state index contributed by atoms with van der Waals surface area (Å²) < 4.78 is 6.35. The number of aliphatic hydroxyl groups is 1. The van der Waals surface area contributed by atoms with E-state index >= 15 is 0 Å². The highest BCUT2D eigenvalue weighted by molar-refractivity contribution is 9.10. The third kappa shape index (κ3) is 2.97. The molecule has 0 amide bonds. The second-order valence-electron chi connectivity index (χ2n) is 4.61. The van der Waals surface area contributed by atoms with Crippen molar-refractivity contribution in [1.29, 1.82) is 0 Å². The van der Waals surface area contributed by atoms with Crippen LogP contribution in [0.1, 0.15) is 18.6 Å². The number of halogens is 1. The molecule has 1 atom stereocenters. The van der Waals surface area contributed by atoms with Crippen LogP contribution in [0.4, 0.5) is 11.4 Å². The van der Waals surface area contributed by atoms with E-state index in [1.165, 1.54) is 0 Å². The molecule has 0 aliphatic rings. The second-order valence-corrected chi connectivity index (χ2v) is 5.53. The molecule has 0 aliphatic heterocycles. The number of hydrogen-bond acceptors (Lipinski definition) is 3. The topological polar surface area (TPSA) is 32.7 Å². The van der Waals surface area contributed by atoms with Crippen LogP contribution in [0.3, 0.4) is 0 Å². The zero-order chi connectivity index (χ0) is 14.7. The van der Waals surface area contributed by atoms with Crippen molar-refractivity contribution >= 4 is 27.3 Å². The minimum absolute atomic E-state index is 0.542. The van der Waals surface area contributed by atoms with Crippen LogP contribution in [0.2, 0.25) is 0 Å². The van der Waals surface area contributed by atoms with Gasteiger partial charge in [-0.1, -0.05) is 28.1 Å². The van der Waals surface area contributed by atoms with Crippen molar-refractivity contribution in [2.75, 3.05) is 19.1 Å². The first kappa shape index (κ1) is 14.9. The fourth-order valence-corrected chi connectivity index (χ4v) is 2.58. The fourth-order valence-electron chi connectivity index (χ4n) is 2.20. The van der Waals surface area contributed by atoms with Crippen LogP contribution < -0.4 is 9.64 Å². The average molecular weight is 336 g/mol. The minimum Gasteiger partial charge on any atom is -0.495 e. The average Bonchev–Trinajstić information content (AvgIpc) is 2.46. The van der Waals surface area contributed by atoms with Gasteiger partial charge in [0.25, 0.3) is 0 Å². The summed E-state index contributed by atoms with van der Waals surface area (Å²) in [5.74, 6) is 0.800. The van der Waals surface area contributed by atoms with Gasteiger partial charge in [-0.15, -0.1) is 0 Å². The SMILES string of the molecule is COc1ccccc1N(C)c1ccc(Br)cc1C(C)O. The van der Waals surface area contributed by atoms with E-state index in [0.29, 0.717) is 0 Å². The van der Waals surface area contributed by atoms with Gasteiger partial charge in [-0.3, -0.25) is 0 Å². The molecule has 0 heterocycles. The van der Waals surface area contributed by atoms with Gasteiger partial charge in [-0.25, -0.2) is 0 Å². The van der Waals surface area contributed by atoms with Gasteiger partial charge >= 0.3 is 0 Å². The van der Waals surface area contributed by atoms with Crippen molar-refractivity contribution in [2.45, 2.75) is 13.0 Å². The van der Waals surface area contributed by atoms with Gasteiger partial charge in [0.1, 0.15) is 5.75 Å². The first-order valence-corrected chi connectivity index (χ1v) is 7.18. The van der Waals surface area contributed by atoms with Gasteiger partial charge < -0.3 is 14.7 Å². The molecule has 3 nitrogen and oxygen atoms in total. The molecular formula is C16H18BrNO2. The monoisotopic (exact) mass is 335 g/mol. The van der Waals surface area contributed by atoms with E-state index in [1.54, 1.807) is 14.0 Å². The molecule has 0 fully saturated rings. The van der Waals surface area contributed by atoms with Gasteiger partial charge in [0.05, 0.1) is 18.9 Å². The van der Waals surface area contributed by atoms with E-state index in [1.807, 2.05) is 54.4 Å². The molecule has 0 saturated carbocycles. The molecule has 20 heavy (non-hydrogen) atoms. The molecule has 0 bridgehead atoms. The van der Waals surface area contributed by atoms with Crippen molar-refractivity contribution in [1.82, 2.24) is 0 Å². The van der Waals surface area contributed by atoms with Gasteiger partial charge in [-0.2, -0.15) is 0 Å². The highest BCUT2D eigenvalue weighted by Crippen LogP contribution is 2.36. The Labute approximate surface area is 127 Å². The largest absolute Gasteiger partial charge is 0.495 e. The maximum Gasteiger partial charge on any atom is 0.142 e. The van der Waals surface area contributed by atoms with Crippen molar-refractivity contribution in [3.05, 3.63) is 52.5 Å². The lowest BCUT2D eigenvalue weighted by atomic mass is 10.1. The molecule has 0 spiro atoms. The van der Waals surface area contributed by atoms with Crippen molar-refractivity contribution in [3.63, 3.8) is 0 Å². The summed E-state index contributed by atoms with van der Waals surface area (Å²) in [7, 11) is 3.62. The number of para-hydroxylation sites is 2.